The number of fused-ring (bicyclic) bond motifs is 1. The molecule has 6 nitrogen and oxygen atoms in total. The Morgan fingerprint density at radius 2 is 2.25 bits per heavy atom. The highest BCUT2D eigenvalue weighted by molar-refractivity contribution is 5.98. The number of hydrogen-bond donors (Lipinski definition) is 1. The molecule has 0 aliphatic heterocycles. The first-order valence-corrected chi connectivity index (χ1v) is 6.67. The summed E-state index contributed by atoms with van der Waals surface area (Å²) in [4.78, 5) is 28.4. The van der Waals surface area contributed by atoms with Gasteiger partial charge in [0.15, 0.2) is 5.78 Å². The first kappa shape index (κ1) is 14.3. The number of hydrogen-bond acceptors (Lipinski definition) is 4. The van der Waals surface area contributed by atoms with Gasteiger partial charge in [-0.05, 0) is 18.3 Å². The fourth-order valence-corrected chi connectivity index (χ4v) is 2.19. The Kier molecular flexibility index (Phi) is 3.92. The summed E-state index contributed by atoms with van der Waals surface area (Å²) in [5.74, 6) is 0.456. The summed E-state index contributed by atoms with van der Waals surface area (Å²) in [5.41, 5.74) is 6.91. The Balaban J connectivity index is 2.32. The van der Waals surface area contributed by atoms with E-state index >= 15 is 0 Å². The van der Waals surface area contributed by atoms with Crippen LogP contribution in [0.2, 0.25) is 0 Å². The number of aromatic nitrogens is 2. The van der Waals surface area contributed by atoms with Crippen molar-refractivity contribution in [2.24, 2.45) is 21.1 Å². The number of aliphatic imine (C=N–C) groups is 2. The van der Waals surface area contributed by atoms with Crippen molar-refractivity contribution in [1.82, 2.24) is 9.97 Å². The van der Waals surface area contributed by atoms with Crippen LogP contribution in [0.3, 0.4) is 0 Å². The molecule has 20 heavy (non-hydrogen) atoms. The predicted octanol–water partition coefficient (Wildman–Crippen LogP) is 2.06. The van der Waals surface area contributed by atoms with Gasteiger partial charge in [0.25, 0.3) is 5.95 Å². The second-order valence-corrected chi connectivity index (χ2v) is 5.66. The van der Waals surface area contributed by atoms with Crippen LogP contribution < -0.4 is 5.73 Å². The van der Waals surface area contributed by atoms with Gasteiger partial charge >= 0.3 is 0 Å². The van der Waals surface area contributed by atoms with Crippen molar-refractivity contribution in [1.29, 1.82) is 0 Å². The van der Waals surface area contributed by atoms with Crippen LogP contribution in [0.1, 0.15) is 49.7 Å². The van der Waals surface area contributed by atoms with Crippen molar-refractivity contribution in [2.75, 3.05) is 0 Å². The lowest BCUT2D eigenvalue weighted by Gasteiger charge is -2.28. The third-order valence-corrected chi connectivity index (χ3v) is 3.06. The fourth-order valence-electron chi connectivity index (χ4n) is 2.19. The summed E-state index contributed by atoms with van der Waals surface area (Å²) in [7, 11) is 0. The van der Waals surface area contributed by atoms with Crippen molar-refractivity contribution in [2.45, 2.75) is 40.0 Å². The van der Waals surface area contributed by atoms with E-state index in [1.165, 1.54) is 6.20 Å². The first-order valence-electron chi connectivity index (χ1n) is 6.67. The molecule has 2 rings (SSSR count). The van der Waals surface area contributed by atoms with E-state index < -0.39 is 0 Å². The summed E-state index contributed by atoms with van der Waals surface area (Å²) in [6.45, 7) is 6.07. The molecular weight excluding hydrogens is 254 g/mol. The van der Waals surface area contributed by atoms with Crippen molar-refractivity contribution < 1.29 is 4.79 Å². The van der Waals surface area contributed by atoms with Crippen LogP contribution in [0.4, 0.5) is 5.95 Å². The van der Waals surface area contributed by atoms with Gasteiger partial charge in [-0.2, -0.15) is 4.99 Å². The van der Waals surface area contributed by atoms with E-state index in [0.29, 0.717) is 12.0 Å². The van der Waals surface area contributed by atoms with Crippen LogP contribution in [0.5, 0.6) is 0 Å². The average Bonchev–Trinajstić information content (AvgIpc) is 2.34. The number of rotatable bonds is 2. The zero-order chi connectivity index (χ0) is 14.8. The molecule has 0 fully saturated rings. The van der Waals surface area contributed by atoms with E-state index in [9.17, 15) is 4.79 Å². The summed E-state index contributed by atoms with van der Waals surface area (Å²) in [5, 5.41) is 0. The average molecular weight is 273 g/mol. The van der Waals surface area contributed by atoms with Gasteiger partial charge in [-0.1, -0.05) is 20.8 Å². The van der Waals surface area contributed by atoms with Crippen molar-refractivity contribution in [3.05, 3.63) is 17.5 Å². The van der Waals surface area contributed by atoms with Gasteiger partial charge in [-0.3, -0.25) is 4.79 Å². The molecule has 0 aromatic carbocycles. The second-order valence-electron chi connectivity index (χ2n) is 5.66. The molecular formula is C14H19N5O. The molecule has 0 unspecified atom stereocenters. The first-order chi connectivity index (χ1) is 9.41. The molecule has 1 aromatic rings. The molecule has 0 bridgehead atoms. The lowest BCUT2D eigenvalue weighted by molar-refractivity contribution is 0.0910. The second kappa shape index (κ2) is 5.48. The topological polar surface area (TPSA) is 93.6 Å². The minimum atomic E-state index is -0.0780. The van der Waals surface area contributed by atoms with E-state index in [1.807, 2.05) is 6.92 Å². The van der Waals surface area contributed by atoms with Gasteiger partial charge in [0, 0.05) is 18.8 Å². The van der Waals surface area contributed by atoms with Crippen LogP contribution in [0.25, 0.3) is 0 Å². The van der Waals surface area contributed by atoms with E-state index in [2.05, 4.69) is 33.8 Å². The molecule has 0 saturated heterocycles. The molecule has 0 spiro atoms. The van der Waals surface area contributed by atoms with Gasteiger partial charge in [0.1, 0.15) is 0 Å². The molecule has 1 heterocycles. The number of guanidine groups is 1. The van der Waals surface area contributed by atoms with Crippen LogP contribution in [0, 0.1) is 5.41 Å². The minimum absolute atomic E-state index is 0.0780. The van der Waals surface area contributed by atoms with Gasteiger partial charge in [0.05, 0.1) is 11.3 Å². The zero-order valence-corrected chi connectivity index (χ0v) is 12.1. The highest BCUT2D eigenvalue weighted by Gasteiger charge is 2.32. The third kappa shape index (κ3) is 3.26. The molecule has 2 N–H and O–H groups in total. The molecule has 6 heteroatoms. The monoisotopic (exact) mass is 273 g/mol. The van der Waals surface area contributed by atoms with E-state index in [1.54, 1.807) is 6.21 Å². The van der Waals surface area contributed by atoms with Gasteiger partial charge in [-0.25, -0.2) is 15.0 Å². The molecule has 106 valence electrons. The summed E-state index contributed by atoms with van der Waals surface area (Å²) in [6, 6.07) is 0. The maximum absolute atomic E-state index is 12.0. The summed E-state index contributed by atoms with van der Waals surface area (Å²) >= 11 is 0. The number of nitrogens with two attached hydrogens (primary N) is 1. The number of carbonyl (C=O) groups is 1. The quantitative estimate of drug-likeness (QED) is 0.659. The standard InChI is InChI=1S/C14H19N5O/c1-4-5-16-12(15)19-13-17-8-9-10(18-13)6-14(2,3)7-11(9)20/h5,8H,4,6-7H2,1-3H3,(H2,15,17,18,19)/b16-5+. The largest absolute Gasteiger partial charge is 0.368 e. The Morgan fingerprint density at radius 3 is 2.95 bits per heavy atom. The number of nitrogens with zero attached hydrogens (tertiary/aromatic N) is 4. The normalized spacial score (nSPS) is 18.4. The Hall–Kier alpha value is -2.11. The van der Waals surface area contributed by atoms with E-state index in [0.717, 1.165) is 18.5 Å². The van der Waals surface area contributed by atoms with E-state index in [-0.39, 0.29) is 23.1 Å². The van der Waals surface area contributed by atoms with Gasteiger partial charge in [-0.15, -0.1) is 0 Å². The van der Waals surface area contributed by atoms with Crippen LogP contribution >= 0.6 is 0 Å². The molecule has 0 atom stereocenters. The molecule has 1 aromatic heterocycles. The van der Waals surface area contributed by atoms with E-state index in [4.69, 9.17) is 5.73 Å². The Labute approximate surface area is 118 Å². The fraction of sp³-hybridized carbons (Fsp3) is 0.500. The Morgan fingerprint density at radius 1 is 1.50 bits per heavy atom. The Bertz CT molecular complexity index is 589. The van der Waals surface area contributed by atoms with Crippen LogP contribution in [-0.2, 0) is 6.42 Å². The molecule has 1 aliphatic rings. The third-order valence-electron chi connectivity index (χ3n) is 3.06. The molecule has 1 aliphatic carbocycles. The number of Topliss-reactive ketones (excluding diaryl/α,β-unsaturated/α-hetero) is 1. The van der Waals surface area contributed by atoms with Crippen LogP contribution in [0.15, 0.2) is 16.2 Å². The van der Waals surface area contributed by atoms with Crippen LogP contribution in [-0.4, -0.2) is 27.9 Å². The smallest absolute Gasteiger partial charge is 0.252 e. The van der Waals surface area contributed by atoms with Gasteiger partial charge < -0.3 is 5.73 Å². The maximum atomic E-state index is 12.0. The maximum Gasteiger partial charge on any atom is 0.252 e. The summed E-state index contributed by atoms with van der Waals surface area (Å²) in [6.07, 6.45) is 5.25. The SMILES string of the molecule is CC/C=N/C(N)=N\c1ncc2c(n1)CC(C)(C)CC2=O. The van der Waals surface area contributed by atoms with Crippen molar-refractivity contribution in [3.8, 4) is 0 Å². The predicted molar refractivity (Wildman–Crippen MR) is 78.5 cm³/mol. The number of ketones is 1. The highest BCUT2D eigenvalue weighted by Crippen LogP contribution is 2.33. The lowest BCUT2D eigenvalue weighted by atomic mass is 9.76. The van der Waals surface area contributed by atoms with Gasteiger partial charge in [0.2, 0.25) is 5.96 Å². The zero-order valence-electron chi connectivity index (χ0n) is 12.1. The molecule has 0 saturated carbocycles. The van der Waals surface area contributed by atoms with Crippen molar-refractivity contribution >= 4 is 23.9 Å². The highest BCUT2D eigenvalue weighted by atomic mass is 16.1. The molecule has 0 radical (unpaired) electrons. The summed E-state index contributed by atoms with van der Waals surface area (Å²) < 4.78 is 0. The minimum Gasteiger partial charge on any atom is -0.368 e. The molecule has 0 amide bonds. The number of carbonyl (C=O) groups excluding carboxylic acids is 1. The lowest BCUT2D eigenvalue weighted by Crippen LogP contribution is -2.28. The van der Waals surface area contributed by atoms with Crippen molar-refractivity contribution in [3.63, 3.8) is 0 Å².